The molecule has 3 heteroatoms. The molecule has 0 radical (unpaired) electrons. The van der Waals surface area contributed by atoms with Crippen molar-refractivity contribution in [3.63, 3.8) is 0 Å². The van der Waals surface area contributed by atoms with Gasteiger partial charge in [0.05, 0.1) is 5.41 Å². The van der Waals surface area contributed by atoms with E-state index in [1.165, 1.54) is 25.7 Å². The number of hydrogen-bond donors (Lipinski definition) is 1. The molecule has 0 atom stereocenters. The van der Waals surface area contributed by atoms with Gasteiger partial charge in [0.25, 0.3) is 0 Å². The van der Waals surface area contributed by atoms with Crippen LogP contribution in [0.15, 0.2) is 0 Å². The molecule has 1 rings (SSSR count). The van der Waals surface area contributed by atoms with Crippen LogP contribution in [0.3, 0.4) is 0 Å². The van der Waals surface area contributed by atoms with E-state index in [1.807, 2.05) is 13.8 Å². The van der Waals surface area contributed by atoms with E-state index in [0.29, 0.717) is 18.5 Å². The Labute approximate surface area is 105 Å². The van der Waals surface area contributed by atoms with Gasteiger partial charge in [0.2, 0.25) is 0 Å². The summed E-state index contributed by atoms with van der Waals surface area (Å²) in [5.74, 6) is -0.0931. The molecule has 0 saturated heterocycles. The zero-order chi connectivity index (χ0) is 13.1. The molecule has 1 fully saturated rings. The van der Waals surface area contributed by atoms with E-state index in [4.69, 9.17) is 0 Å². The molecule has 0 aromatic carbocycles. The molecule has 3 nitrogen and oxygen atoms in total. The molecule has 1 aliphatic carbocycles. The molecule has 0 unspecified atom stereocenters. The summed E-state index contributed by atoms with van der Waals surface area (Å²) in [4.78, 5) is 13.6. The van der Waals surface area contributed by atoms with Crippen LogP contribution in [-0.2, 0) is 4.79 Å². The topological polar surface area (TPSA) is 40.5 Å². The molecule has 1 N–H and O–H groups in total. The maximum atomic E-state index is 11.2. The first-order valence-corrected chi connectivity index (χ1v) is 6.80. The molecular formula is C14H27NO2. The van der Waals surface area contributed by atoms with Crippen LogP contribution in [0.2, 0.25) is 0 Å². The van der Waals surface area contributed by atoms with Crippen molar-refractivity contribution in [2.75, 3.05) is 13.1 Å². The second kappa shape index (κ2) is 5.85. The van der Waals surface area contributed by atoms with Crippen LogP contribution in [0.4, 0.5) is 0 Å². The van der Waals surface area contributed by atoms with Gasteiger partial charge in [-0.25, -0.2) is 0 Å². The van der Waals surface area contributed by atoms with E-state index in [0.717, 1.165) is 6.54 Å². The van der Waals surface area contributed by atoms with Crippen molar-refractivity contribution in [3.05, 3.63) is 0 Å². The Morgan fingerprint density at radius 2 is 1.88 bits per heavy atom. The van der Waals surface area contributed by atoms with Crippen LogP contribution in [0.5, 0.6) is 0 Å². The summed E-state index contributed by atoms with van der Waals surface area (Å²) in [5, 5.41) is 9.24. The summed E-state index contributed by atoms with van der Waals surface area (Å²) in [7, 11) is 0. The number of rotatable bonds is 6. The van der Waals surface area contributed by atoms with Crippen molar-refractivity contribution in [3.8, 4) is 0 Å². The standard InChI is InChI=1S/C14H27NO2/c1-11(2)9-15(12-7-5-6-8-12)10-14(3,4)13(16)17/h11-12H,5-10H2,1-4H3,(H,16,17). The lowest BCUT2D eigenvalue weighted by atomic mass is 9.91. The zero-order valence-electron chi connectivity index (χ0n) is 11.7. The Morgan fingerprint density at radius 3 is 2.29 bits per heavy atom. The van der Waals surface area contributed by atoms with Gasteiger partial charge in [0, 0.05) is 19.1 Å². The van der Waals surface area contributed by atoms with Gasteiger partial charge in [-0.15, -0.1) is 0 Å². The second-order valence-corrected chi connectivity index (χ2v) is 6.45. The van der Waals surface area contributed by atoms with Gasteiger partial charge in [0.1, 0.15) is 0 Å². The molecule has 0 spiro atoms. The van der Waals surface area contributed by atoms with Crippen LogP contribution in [0, 0.1) is 11.3 Å². The predicted molar refractivity (Wildman–Crippen MR) is 70.1 cm³/mol. The molecular weight excluding hydrogens is 214 g/mol. The molecule has 0 heterocycles. The average molecular weight is 241 g/mol. The Kier molecular flexibility index (Phi) is 4.99. The van der Waals surface area contributed by atoms with Gasteiger partial charge in [-0.1, -0.05) is 26.7 Å². The SMILES string of the molecule is CC(C)CN(CC(C)(C)C(=O)O)C1CCCC1. The van der Waals surface area contributed by atoms with Gasteiger partial charge in [-0.2, -0.15) is 0 Å². The van der Waals surface area contributed by atoms with Crippen LogP contribution in [-0.4, -0.2) is 35.1 Å². The first kappa shape index (κ1) is 14.5. The fourth-order valence-corrected chi connectivity index (χ4v) is 2.66. The molecule has 0 amide bonds. The third-order valence-corrected chi connectivity index (χ3v) is 3.62. The monoisotopic (exact) mass is 241 g/mol. The van der Waals surface area contributed by atoms with Crippen LogP contribution >= 0.6 is 0 Å². The maximum absolute atomic E-state index is 11.2. The maximum Gasteiger partial charge on any atom is 0.310 e. The van der Waals surface area contributed by atoms with Crippen molar-refractivity contribution in [1.29, 1.82) is 0 Å². The quantitative estimate of drug-likeness (QED) is 0.777. The largest absolute Gasteiger partial charge is 0.481 e. The number of carboxylic acid groups (broad SMARTS) is 1. The normalized spacial score (nSPS) is 18.2. The summed E-state index contributed by atoms with van der Waals surface area (Å²) < 4.78 is 0. The van der Waals surface area contributed by atoms with Crippen LogP contribution < -0.4 is 0 Å². The minimum Gasteiger partial charge on any atom is -0.481 e. The fraction of sp³-hybridized carbons (Fsp3) is 0.929. The first-order chi connectivity index (χ1) is 7.83. The van der Waals surface area contributed by atoms with Crippen molar-refractivity contribution in [2.45, 2.75) is 59.4 Å². The molecule has 0 aromatic heterocycles. The summed E-state index contributed by atoms with van der Waals surface area (Å²) in [6.07, 6.45) is 5.07. The minimum absolute atomic E-state index is 0.597. The van der Waals surface area contributed by atoms with Crippen molar-refractivity contribution in [1.82, 2.24) is 4.90 Å². The van der Waals surface area contributed by atoms with Crippen molar-refractivity contribution in [2.24, 2.45) is 11.3 Å². The highest BCUT2D eigenvalue weighted by Gasteiger charge is 2.33. The predicted octanol–water partition coefficient (Wildman–Crippen LogP) is 3.00. The molecule has 0 aromatic rings. The van der Waals surface area contributed by atoms with E-state index in [9.17, 15) is 9.90 Å². The lowest BCUT2D eigenvalue weighted by Crippen LogP contribution is -2.45. The van der Waals surface area contributed by atoms with Gasteiger partial charge in [-0.3, -0.25) is 9.69 Å². The third-order valence-electron chi connectivity index (χ3n) is 3.62. The zero-order valence-corrected chi connectivity index (χ0v) is 11.7. The Bertz CT molecular complexity index is 255. The Morgan fingerprint density at radius 1 is 1.35 bits per heavy atom. The van der Waals surface area contributed by atoms with Crippen LogP contribution in [0.1, 0.15) is 53.4 Å². The molecule has 1 saturated carbocycles. The number of carbonyl (C=O) groups is 1. The number of aliphatic carboxylic acids is 1. The fourth-order valence-electron chi connectivity index (χ4n) is 2.66. The Balaban J connectivity index is 2.65. The number of carboxylic acids is 1. The van der Waals surface area contributed by atoms with E-state index in [2.05, 4.69) is 18.7 Å². The lowest BCUT2D eigenvalue weighted by molar-refractivity contribution is -0.148. The van der Waals surface area contributed by atoms with Gasteiger partial charge in [-0.05, 0) is 32.6 Å². The molecule has 0 aliphatic heterocycles. The van der Waals surface area contributed by atoms with E-state index < -0.39 is 11.4 Å². The van der Waals surface area contributed by atoms with Crippen molar-refractivity contribution < 1.29 is 9.90 Å². The summed E-state index contributed by atoms with van der Waals surface area (Å²) in [6, 6.07) is 0.607. The van der Waals surface area contributed by atoms with E-state index >= 15 is 0 Å². The summed E-state index contributed by atoms with van der Waals surface area (Å²) in [5.41, 5.74) is -0.641. The molecule has 0 bridgehead atoms. The minimum atomic E-state index is -0.691. The third kappa shape index (κ3) is 4.30. The first-order valence-electron chi connectivity index (χ1n) is 6.80. The number of nitrogens with zero attached hydrogens (tertiary/aromatic N) is 1. The molecule has 100 valence electrons. The Hall–Kier alpha value is -0.570. The van der Waals surface area contributed by atoms with Gasteiger partial charge in [0.15, 0.2) is 0 Å². The highest BCUT2D eigenvalue weighted by Crippen LogP contribution is 2.28. The van der Waals surface area contributed by atoms with Crippen molar-refractivity contribution >= 4 is 5.97 Å². The van der Waals surface area contributed by atoms with E-state index in [-0.39, 0.29) is 0 Å². The lowest BCUT2D eigenvalue weighted by Gasteiger charge is -2.35. The summed E-state index contributed by atoms with van der Waals surface area (Å²) in [6.45, 7) is 9.76. The average Bonchev–Trinajstić information content (AvgIpc) is 2.67. The molecule has 17 heavy (non-hydrogen) atoms. The molecule has 1 aliphatic rings. The highest BCUT2D eigenvalue weighted by molar-refractivity contribution is 5.73. The highest BCUT2D eigenvalue weighted by atomic mass is 16.4. The number of hydrogen-bond acceptors (Lipinski definition) is 2. The van der Waals surface area contributed by atoms with E-state index in [1.54, 1.807) is 0 Å². The van der Waals surface area contributed by atoms with Crippen LogP contribution in [0.25, 0.3) is 0 Å². The second-order valence-electron chi connectivity index (χ2n) is 6.45. The summed E-state index contributed by atoms with van der Waals surface area (Å²) >= 11 is 0. The smallest absolute Gasteiger partial charge is 0.310 e. The van der Waals surface area contributed by atoms with Gasteiger partial charge >= 0.3 is 5.97 Å². The van der Waals surface area contributed by atoms with Gasteiger partial charge < -0.3 is 5.11 Å².